The van der Waals surface area contributed by atoms with E-state index in [-0.39, 0.29) is 12.1 Å². The molecule has 1 heterocycles. The SMILES string of the molecule is COc1ccc(CCN2C(=O)C(O)=C(c3ccc(C)cc3C)C2=O)cc1OC. The van der Waals surface area contributed by atoms with E-state index in [9.17, 15) is 14.7 Å². The fourth-order valence-corrected chi connectivity index (χ4v) is 3.38. The Bertz CT molecular complexity index is 977. The quantitative estimate of drug-likeness (QED) is 0.778. The lowest BCUT2D eigenvalue weighted by Crippen LogP contribution is -2.33. The fourth-order valence-electron chi connectivity index (χ4n) is 3.38. The van der Waals surface area contributed by atoms with Crippen molar-refractivity contribution in [1.29, 1.82) is 0 Å². The Morgan fingerprint density at radius 1 is 0.929 bits per heavy atom. The van der Waals surface area contributed by atoms with Gasteiger partial charge in [-0.15, -0.1) is 0 Å². The predicted molar refractivity (Wildman–Crippen MR) is 105 cm³/mol. The van der Waals surface area contributed by atoms with Crippen molar-refractivity contribution in [1.82, 2.24) is 4.90 Å². The van der Waals surface area contributed by atoms with E-state index in [4.69, 9.17) is 9.47 Å². The number of aliphatic hydroxyl groups excluding tert-OH is 1. The van der Waals surface area contributed by atoms with Gasteiger partial charge >= 0.3 is 0 Å². The van der Waals surface area contributed by atoms with Crippen molar-refractivity contribution in [3.05, 3.63) is 64.4 Å². The summed E-state index contributed by atoms with van der Waals surface area (Å²) in [7, 11) is 3.11. The molecule has 2 aromatic carbocycles. The maximum absolute atomic E-state index is 12.9. The van der Waals surface area contributed by atoms with Crippen LogP contribution in [0.2, 0.25) is 0 Å². The van der Waals surface area contributed by atoms with Crippen molar-refractivity contribution in [2.24, 2.45) is 0 Å². The van der Waals surface area contributed by atoms with E-state index < -0.39 is 17.6 Å². The zero-order valence-electron chi connectivity index (χ0n) is 16.4. The number of benzene rings is 2. The first kappa shape index (κ1) is 19.5. The first-order valence-electron chi connectivity index (χ1n) is 8.95. The molecule has 1 aliphatic rings. The van der Waals surface area contributed by atoms with Gasteiger partial charge in [0.1, 0.15) is 0 Å². The first-order valence-corrected chi connectivity index (χ1v) is 8.95. The van der Waals surface area contributed by atoms with Crippen LogP contribution in [0, 0.1) is 13.8 Å². The summed E-state index contributed by atoms with van der Waals surface area (Å²) in [6, 6.07) is 11.0. The van der Waals surface area contributed by atoms with E-state index >= 15 is 0 Å². The van der Waals surface area contributed by atoms with E-state index in [1.807, 2.05) is 38.1 Å². The van der Waals surface area contributed by atoms with E-state index in [1.165, 1.54) is 0 Å². The predicted octanol–water partition coefficient (Wildman–Crippen LogP) is 3.20. The van der Waals surface area contributed by atoms with Gasteiger partial charge in [-0.2, -0.15) is 0 Å². The van der Waals surface area contributed by atoms with E-state index in [0.717, 1.165) is 21.6 Å². The van der Waals surface area contributed by atoms with Crippen LogP contribution < -0.4 is 9.47 Å². The molecule has 28 heavy (non-hydrogen) atoms. The maximum Gasteiger partial charge on any atom is 0.296 e. The minimum atomic E-state index is -0.666. The van der Waals surface area contributed by atoms with Crippen molar-refractivity contribution >= 4 is 17.4 Å². The number of carbonyl (C=O) groups excluding carboxylic acids is 2. The highest BCUT2D eigenvalue weighted by atomic mass is 16.5. The molecule has 2 amide bonds. The molecular weight excluding hydrogens is 358 g/mol. The van der Waals surface area contributed by atoms with Crippen LogP contribution >= 0.6 is 0 Å². The van der Waals surface area contributed by atoms with Gasteiger partial charge in [0.15, 0.2) is 17.3 Å². The summed E-state index contributed by atoms with van der Waals surface area (Å²) in [5, 5.41) is 10.3. The topological polar surface area (TPSA) is 76.1 Å². The molecule has 0 aliphatic carbocycles. The summed E-state index contributed by atoms with van der Waals surface area (Å²) in [5.74, 6) is -0.452. The van der Waals surface area contributed by atoms with Crippen LogP contribution in [0.4, 0.5) is 0 Å². The zero-order valence-corrected chi connectivity index (χ0v) is 16.4. The van der Waals surface area contributed by atoms with E-state index in [2.05, 4.69) is 0 Å². The second-order valence-corrected chi connectivity index (χ2v) is 6.74. The van der Waals surface area contributed by atoms with Crippen LogP contribution in [0.3, 0.4) is 0 Å². The number of imide groups is 1. The van der Waals surface area contributed by atoms with Gasteiger partial charge in [0.2, 0.25) is 0 Å². The maximum atomic E-state index is 12.9. The fraction of sp³-hybridized carbons (Fsp3) is 0.273. The number of aryl methyl sites for hydroxylation is 2. The van der Waals surface area contributed by atoms with Gasteiger partial charge in [-0.25, -0.2) is 0 Å². The Kier molecular flexibility index (Phi) is 5.40. The average molecular weight is 381 g/mol. The van der Waals surface area contributed by atoms with Gasteiger partial charge in [-0.1, -0.05) is 29.8 Å². The summed E-state index contributed by atoms with van der Waals surface area (Å²) in [4.78, 5) is 26.4. The lowest BCUT2D eigenvalue weighted by molar-refractivity contribution is -0.138. The molecule has 3 rings (SSSR count). The van der Waals surface area contributed by atoms with Gasteiger partial charge in [-0.3, -0.25) is 14.5 Å². The van der Waals surface area contributed by atoms with Gasteiger partial charge in [-0.05, 0) is 49.1 Å². The Morgan fingerprint density at radius 2 is 1.64 bits per heavy atom. The number of carbonyl (C=O) groups is 2. The molecule has 0 radical (unpaired) electrons. The van der Waals surface area contributed by atoms with Crippen LogP contribution in [-0.4, -0.2) is 42.6 Å². The van der Waals surface area contributed by atoms with Gasteiger partial charge < -0.3 is 14.6 Å². The highest BCUT2D eigenvalue weighted by Crippen LogP contribution is 2.31. The second-order valence-electron chi connectivity index (χ2n) is 6.74. The molecule has 0 fully saturated rings. The molecule has 0 aromatic heterocycles. The molecule has 1 aliphatic heterocycles. The zero-order chi connectivity index (χ0) is 20.4. The lowest BCUT2D eigenvalue weighted by Gasteiger charge is -2.16. The molecule has 0 atom stereocenters. The number of amides is 2. The molecule has 6 nitrogen and oxygen atoms in total. The van der Waals surface area contributed by atoms with Crippen LogP contribution in [0.5, 0.6) is 11.5 Å². The average Bonchev–Trinajstić information content (AvgIpc) is 2.89. The highest BCUT2D eigenvalue weighted by Gasteiger charge is 2.39. The molecule has 0 bridgehead atoms. The monoisotopic (exact) mass is 381 g/mol. The van der Waals surface area contributed by atoms with Crippen molar-refractivity contribution in [3.8, 4) is 11.5 Å². The largest absolute Gasteiger partial charge is 0.502 e. The number of hydrogen-bond acceptors (Lipinski definition) is 5. The third-order valence-corrected chi connectivity index (χ3v) is 4.87. The first-order chi connectivity index (χ1) is 13.4. The van der Waals surface area contributed by atoms with Crippen LogP contribution in [0.15, 0.2) is 42.2 Å². The Hall–Kier alpha value is -3.28. The normalized spacial score (nSPS) is 14.1. The number of methoxy groups -OCH3 is 2. The van der Waals surface area contributed by atoms with Crippen molar-refractivity contribution in [3.63, 3.8) is 0 Å². The standard InChI is InChI=1S/C22H23NO5/c1-13-5-7-16(14(2)11-13)19-20(24)22(26)23(21(19)25)10-9-15-6-8-17(27-3)18(12-15)28-4/h5-8,11-12,24H,9-10H2,1-4H3. The lowest BCUT2D eigenvalue weighted by atomic mass is 9.98. The number of hydrogen-bond donors (Lipinski definition) is 1. The van der Waals surface area contributed by atoms with Crippen molar-refractivity contribution in [2.45, 2.75) is 20.3 Å². The summed E-state index contributed by atoms with van der Waals surface area (Å²) < 4.78 is 10.5. The van der Waals surface area contributed by atoms with Crippen LogP contribution in [0.1, 0.15) is 22.3 Å². The van der Waals surface area contributed by atoms with Gasteiger partial charge in [0, 0.05) is 6.54 Å². The van der Waals surface area contributed by atoms with Crippen LogP contribution in [-0.2, 0) is 16.0 Å². The molecule has 0 spiro atoms. The second kappa shape index (κ2) is 7.76. The summed E-state index contributed by atoms with van der Waals surface area (Å²) in [6.07, 6.45) is 0.436. The van der Waals surface area contributed by atoms with Gasteiger partial charge in [0.05, 0.1) is 19.8 Å². The third kappa shape index (κ3) is 3.45. The van der Waals surface area contributed by atoms with Crippen molar-refractivity contribution in [2.75, 3.05) is 20.8 Å². The summed E-state index contributed by atoms with van der Waals surface area (Å²) in [6.45, 7) is 3.96. The number of nitrogens with zero attached hydrogens (tertiary/aromatic N) is 1. The smallest absolute Gasteiger partial charge is 0.296 e. The third-order valence-electron chi connectivity index (χ3n) is 4.87. The minimum absolute atomic E-state index is 0.0646. The molecule has 0 saturated carbocycles. The number of ether oxygens (including phenoxy) is 2. The highest BCUT2D eigenvalue weighted by molar-refractivity contribution is 6.35. The minimum Gasteiger partial charge on any atom is -0.502 e. The molecular formula is C22H23NO5. The molecule has 0 saturated heterocycles. The Balaban J connectivity index is 1.80. The number of aliphatic hydroxyl groups is 1. The Morgan fingerprint density at radius 3 is 2.29 bits per heavy atom. The van der Waals surface area contributed by atoms with Crippen LogP contribution in [0.25, 0.3) is 5.57 Å². The number of rotatable bonds is 6. The Labute approximate surface area is 164 Å². The molecule has 0 unspecified atom stereocenters. The van der Waals surface area contributed by atoms with Gasteiger partial charge in [0.25, 0.3) is 11.8 Å². The molecule has 1 N–H and O–H groups in total. The van der Waals surface area contributed by atoms with Crippen molar-refractivity contribution < 1.29 is 24.2 Å². The molecule has 2 aromatic rings. The van der Waals surface area contributed by atoms with E-state index in [0.29, 0.717) is 23.5 Å². The summed E-state index contributed by atoms with van der Waals surface area (Å²) in [5.41, 5.74) is 3.41. The molecule has 146 valence electrons. The summed E-state index contributed by atoms with van der Waals surface area (Å²) >= 11 is 0. The van der Waals surface area contributed by atoms with E-state index in [1.54, 1.807) is 26.4 Å². The molecule has 6 heteroatoms.